The molecule has 1 saturated carbocycles. The SMILES string of the molecule is Cc1ccc(NC(=S)N[C@@H]2CCCC[C@H]2C)c(Cl)c1. The van der Waals surface area contributed by atoms with Crippen molar-refractivity contribution < 1.29 is 0 Å². The number of hydrogen-bond donors (Lipinski definition) is 2. The predicted molar refractivity (Wildman–Crippen MR) is 87.0 cm³/mol. The van der Waals surface area contributed by atoms with Crippen molar-refractivity contribution >= 4 is 34.6 Å². The van der Waals surface area contributed by atoms with Gasteiger partial charge in [0.2, 0.25) is 0 Å². The highest BCUT2D eigenvalue weighted by atomic mass is 35.5. The topological polar surface area (TPSA) is 24.1 Å². The van der Waals surface area contributed by atoms with E-state index in [0.717, 1.165) is 11.3 Å². The fourth-order valence-corrected chi connectivity index (χ4v) is 3.12. The van der Waals surface area contributed by atoms with Crippen molar-refractivity contribution in [1.82, 2.24) is 5.32 Å². The number of hydrogen-bond acceptors (Lipinski definition) is 1. The number of halogens is 1. The molecule has 0 unspecified atom stereocenters. The van der Waals surface area contributed by atoms with Gasteiger partial charge in [0.1, 0.15) is 0 Å². The highest BCUT2D eigenvalue weighted by Gasteiger charge is 2.21. The molecule has 0 aromatic heterocycles. The number of anilines is 1. The summed E-state index contributed by atoms with van der Waals surface area (Å²) < 4.78 is 0. The van der Waals surface area contributed by atoms with Crippen molar-refractivity contribution in [2.45, 2.75) is 45.6 Å². The van der Waals surface area contributed by atoms with E-state index in [1.807, 2.05) is 25.1 Å². The van der Waals surface area contributed by atoms with Crippen molar-refractivity contribution in [2.24, 2.45) is 5.92 Å². The average Bonchev–Trinajstić information content (AvgIpc) is 2.36. The van der Waals surface area contributed by atoms with Crippen LogP contribution in [0.15, 0.2) is 18.2 Å². The summed E-state index contributed by atoms with van der Waals surface area (Å²) >= 11 is 11.6. The first-order valence-electron chi connectivity index (χ1n) is 6.90. The molecule has 0 heterocycles. The first-order valence-corrected chi connectivity index (χ1v) is 7.68. The van der Waals surface area contributed by atoms with Crippen LogP contribution in [0.25, 0.3) is 0 Å². The Hall–Kier alpha value is -0.800. The van der Waals surface area contributed by atoms with Crippen molar-refractivity contribution in [2.75, 3.05) is 5.32 Å². The molecular weight excluding hydrogens is 276 g/mol. The Labute approximate surface area is 125 Å². The number of thiocarbonyl (C=S) groups is 1. The standard InChI is InChI=1S/C15H21ClN2S/c1-10-7-8-14(12(16)9-10)18-15(19)17-13-6-4-3-5-11(13)2/h7-9,11,13H,3-6H2,1-2H3,(H2,17,18,19)/t11-,13-/m1/s1. The van der Waals surface area contributed by atoms with Gasteiger partial charge >= 0.3 is 0 Å². The Balaban J connectivity index is 1.93. The minimum atomic E-state index is 0.484. The molecule has 1 aromatic carbocycles. The molecule has 1 aliphatic rings. The Morgan fingerprint density at radius 2 is 2.05 bits per heavy atom. The molecule has 4 heteroatoms. The van der Waals surface area contributed by atoms with Gasteiger partial charge in [0.05, 0.1) is 10.7 Å². The molecule has 1 fully saturated rings. The van der Waals surface area contributed by atoms with E-state index in [-0.39, 0.29) is 0 Å². The lowest BCUT2D eigenvalue weighted by molar-refractivity contribution is 0.309. The maximum atomic E-state index is 6.20. The quantitative estimate of drug-likeness (QED) is 0.785. The van der Waals surface area contributed by atoms with Crippen molar-refractivity contribution in [3.8, 4) is 0 Å². The highest BCUT2D eigenvalue weighted by molar-refractivity contribution is 7.80. The van der Waals surface area contributed by atoms with Crippen LogP contribution in [0.4, 0.5) is 5.69 Å². The summed E-state index contributed by atoms with van der Waals surface area (Å²) in [5, 5.41) is 7.99. The van der Waals surface area contributed by atoms with Gasteiger partial charge in [-0.2, -0.15) is 0 Å². The van der Waals surface area contributed by atoms with Crippen LogP contribution >= 0.6 is 23.8 Å². The highest BCUT2D eigenvalue weighted by Crippen LogP contribution is 2.25. The van der Waals surface area contributed by atoms with Gasteiger partial charge in [-0.05, 0) is 55.6 Å². The van der Waals surface area contributed by atoms with Crippen molar-refractivity contribution in [1.29, 1.82) is 0 Å². The lowest BCUT2D eigenvalue weighted by atomic mass is 9.86. The maximum Gasteiger partial charge on any atom is 0.171 e. The van der Waals surface area contributed by atoms with Gasteiger partial charge < -0.3 is 10.6 Å². The molecule has 0 amide bonds. The first kappa shape index (κ1) is 14.6. The van der Waals surface area contributed by atoms with Gasteiger partial charge in [-0.3, -0.25) is 0 Å². The minimum Gasteiger partial charge on any atom is -0.359 e. The van der Waals surface area contributed by atoms with Crippen LogP contribution in [-0.4, -0.2) is 11.2 Å². The van der Waals surface area contributed by atoms with E-state index >= 15 is 0 Å². The predicted octanol–water partition coefficient (Wildman–Crippen LogP) is 4.51. The molecule has 0 spiro atoms. The van der Waals surface area contributed by atoms with Crippen LogP contribution in [0.5, 0.6) is 0 Å². The van der Waals surface area contributed by atoms with E-state index in [0.29, 0.717) is 22.1 Å². The third kappa shape index (κ3) is 4.08. The zero-order chi connectivity index (χ0) is 13.8. The normalized spacial score (nSPS) is 22.9. The van der Waals surface area contributed by atoms with E-state index in [9.17, 15) is 0 Å². The molecule has 1 aromatic rings. The summed E-state index contributed by atoms with van der Waals surface area (Å²) in [6.45, 7) is 4.31. The fourth-order valence-electron chi connectivity index (χ4n) is 2.58. The molecule has 104 valence electrons. The van der Waals surface area contributed by atoms with Gasteiger partial charge in [0.25, 0.3) is 0 Å². The van der Waals surface area contributed by atoms with Crippen LogP contribution in [0.3, 0.4) is 0 Å². The average molecular weight is 297 g/mol. The van der Waals surface area contributed by atoms with Gasteiger partial charge in [-0.25, -0.2) is 0 Å². The summed E-state index contributed by atoms with van der Waals surface area (Å²) in [6, 6.07) is 6.42. The molecule has 0 radical (unpaired) electrons. The first-order chi connectivity index (χ1) is 9.06. The second-order valence-electron chi connectivity index (χ2n) is 5.45. The van der Waals surface area contributed by atoms with Crippen LogP contribution in [0.2, 0.25) is 5.02 Å². The Kier molecular flexibility index (Phi) is 5.06. The minimum absolute atomic E-state index is 0.484. The van der Waals surface area contributed by atoms with E-state index in [1.54, 1.807) is 0 Å². The number of benzene rings is 1. The summed E-state index contributed by atoms with van der Waals surface area (Å²) in [6.07, 6.45) is 5.11. The lowest BCUT2D eigenvalue weighted by Crippen LogP contribution is -2.43. The van der Waals surface area contributed by atoms with Crippen LogP contribution in [-0.2, 0) is 0 Å². The summed E-state index contributed by atoms with van der Waals surface area (Å²) in [5.41, 5.74) is 2.02. The number of aryl methyl sites for hydroxylation is 1. The zero-order valence-corrected chi connectivity index (χ0v) is 13.1. The van der Waals surface area contributed by atoms with E-state index in [2.05, 4.69) is 17.6 Å². The van der Waals surface area contributed by atoms with Crippen molar-refractivity contribution in [3.05, 3.63) is 28.8 Å². The van der Waals surface area contributed by atoms with E-state index in [4.69, 9.17) is 23.8 Å². The number of nitrogens with one attached hydrogen (secondary N) is 2. The van der Waals surface area contributed by atoms with Crippen molar-refractivity contribution in [3.63, 3.8) is 0 Å². The third-order valence-electron chi connectivity index (χ3n) is 3.80. The summed E-state index contributed by atoms with van der Waals surface area (Å²) in [5.74, 6) is 0.682. The molecule has 2 atom stereocenters. The van der Waals surface area contributed by atoms with E-state index in [1.165, 1.54) is 25.7 Å². The summed E-state index contributed by atoms with van der Waals surface area (Å²) in [4.78, 5) is 0. The monoisotopic (exact) mass is 296 g/mol. The molecular formula is C15H21ClN2S. The Morgan fingerprint density at radius 1 is 1.32 bits per heavy atom. The molecule has 2 rings (SSSR count). The maximum absolute atomic E-state index is 6.20. The van der Waals surface area contributed by atoms with Crippen LogP contribution in [0.1, 0.15) is 38.2 Å². The molecule has 0 saturated heterocycles. The fraction of sp³-hybridized carbons (Fsp3) is 0.533. The van der Waals surface area contributed by atoms with E-state index < -0.39 is 0 Å². The zero-order valence-electron chi connectivity index (χ0n) is 11.5. The van der Waals surface area contributed by atoms with Gasteiger partial charge in [0.15, 0.2) is 5.11 Å². The molecule has 19 heavy (non-hydrogen) atoms. The second-order valence-corrected chi connectivity index (χ2v) is 6.27. The molecule has 0 aliphatic heterocycles. The smallest absolute Gasteiger partial charge is 0.171 e. The van der Waals surface area contributed by atoms with Gasteiger partial charge in [-0.15, -0.1) is 0 Å². The summed E-state index contributed by atoms with van der Waals surface area (Å²) in [7, 11) is 0. The molecule has 2 nitrogen and oxygen atoms in total. The van der Waals surface area contributed by atoms with Crippen LogP contribution < -0.4 is 10.6 Å². The Bertz CT molecular complexity index is 461. The molecule has 0 bridgehead atoms. The molecule has 1 aliphatic carbocycles. The Morgan fingerprint density at radius 3 is 2.74 bits per heavy atom. The molecule has 2 N–H and O–H groups in total. The second kappa shape index (κ2) is 6.58. The largest absolute Gasteiger partial charge is 0.359 e. The van der Waals surface area contributed by atoms with Crippen LogP contribution in [0, 0.1) is 12.8 Å². The lowest BCUT2D eigenvalue weighted by Gasteiger charge is -2.30. The third-order valence-corrected chi connectivity index (χ3v) is 4.33. The number of rotatable bonds is 2. The van der Waals surface area contributed by atoms with Gasteiger partial charge in [0, 0.05) is 6.04 Å². The van der Waals surface area contributed by atoms with Gasteiger partial charge in [-0.1, -0.05) is 37.4 Å².